The van der Waals surface area contributed by atoms with Crippen LogP contribution in [0, 0.1) is 0 Å². The summed E-state index contributed by atoms with van der Waals surface area (Å²) in [5.74, 6) is -0.219. The zero-order valence-electron chi connectivity index (χ0n) is 10.8. The zero-order chi connectivity index (χ0) is 13.7. The van der Waals surface area contributed by atoms with Gasteiger partial charge in [0, 0.05) is 17.1 Å². The van der Waals surface area contributed by atoms with Gasteiger partial charge in [-0.2, -0.15) is 0 Å². The molecule has 5 heteroatoms. The third-order valence-electron chi connectivity index (χ3n) is 3.40. The molecule has 1 unspecified atom stereocenters. The lowest BCUT2D eigenvalue weighted by Crippen LogP contribution is -2.37. The summed E-state index contributed by atoms with van der Waals surface area (Å²) >= 11 is 3.25. The summed E-state index contributed by atoms with van der Waals surface area (Å²) in [6, 6.07) is 5.40. The number of phenolic OH excluding ortho intramolecular Hbond substituents is 1. The van der Waals surface area contributed by atoms with E-state index in [1.807, 2.05) is 0 Å². The fourth-order valence-electron chi connectivity index (χ4n) is 2.32. The Morgan fingerprint density at radius 2 is 2.32 bits per heavy atom. The van der Waals surface area contributed by atoms with Crippen LogP contribution in [-0.4, -0.2) is 30.1 Å². The lowest BCUT2D eigenvalue weighted by atomic mass is 10.0. The molecule has 0 aromatic heterocycles. The minimum atomic E-state index is -0.221. The molecule has 1 aromatic rings. The third-order valence-corrected chi connectivity index (χ3v) is 3.89. The van der Waals surface area contributed by atoms with E-state index < -0.39 is 0 Å². The Kier molecular flexibility index (Phi) is 5.22. The van der Waals surface area contributed by atoms with Gasteiger partial charge < -0.3 is 15.7 Å². The Hall–Kier alpha value is -1.07. The van der Waals surface area contributed by atoms with Crippen molar-refractivity contribution >= 4 is 21.8 Å². The van der Waals surface area contributed by atoms with Crippen molar-refractivity contribution in [2.45, 2.75) is 31.7 Å². The van der Waals surface area contributed by atoms with Gasteiger partial charge in [-0.25, -0.2) is 0 Å². The van der Waals surface area contributed by atoms with Gasteiger partial charge in [0.15, 0.2) is 0 Å². The first-order chi connectivity index (χ1) is 9.16. The quantitative estimate of drug-likeness (QED) is 0.796. The van der Waals surface area contributed by atoms with E-state index in [0.29, 0.717) is 18.2 Å². The van der Waals surface area contributed by atoms with Crippen molar-refractivity contribution in [3.63, 3.8) is 0 Å². The van der Waals surface area contributed by atoms with Crippen LogP contribution in [0.1, 0.15) is 36.0 Å². The molecule has 0 aliphatic carbocycles. The Morgan fingerprint density at radius 1 is 1.47 bits per heavy atom. The Bertz CT molecular complexity index is 445. The van der Waals surface area contributed by atoms with Gasteiger partial charge >= 0.3 is 0 Å². The molecule has 1 heterocycles. The Morgan fingerprint density at radius 3 is 3.00 bits per heavy atom. The minimum absolute atomic E-state index is 0.00247. The average molecular weight is 327 g/mol. The van der Waals surface area contributed by atoms with Crippen LogP contribution >= 0.6 is 15.9 Å². The molecular weight excluding hydrogens is 308 g/mol. The number of carbonyl (C=O) groups is 1. The molecule has 0 bridgehead atoms. The Labute approximate surface area is 121 Å². The number of aromatic hydroxyl groups is 1. The van der Waals surface area contributed by atoms with E-state index in [-0.39, 0.29) is 11.7 Å². The van der Waals surface area contributed by atoms with Gasteiger partial charge in [0.2, 0.25) is 0 Å². The second-order valence-corrected chi connectivity index (χ2v) is 5.77. The third kappa shape index (κ3) is 4.21. The fourth-order valence-corrected chi connectivity index (χ4v) is 2.67. The number of carbonyl (C=O) groups excluding carboxylic acids is 1. The highest BCUT2D eigenvalue weighted by Crippen LogP contribution is 2.22. The van der Waals surface area contributed by atoms with Crippen LogP contribution in [0.15, 0.2) is 22.7 Å². The number of amides is 1. The predicted octanol–water partition coefficient (Wildman–Crippen LogP) is 2.42. The molecule has 1 aliphatic rings. The van der Waals surface area contributed by atoms with Gasteiger partial charge in [0.05, 0.1) is 5.56 Å². The molecule has 3 N–H and O–H groups in total. The number of rotatable bonds is 4. The van der Waals surface area contributed by atoms with Crippen LogP contribution in [-0.2, 0) is 0 Å². The molecule has 104 valence electrons. The molecule has 0 saturated carbocycles. The average Bonchev–Trinajstić information content (AvgIpc) is 2.39. The molecular formula is C14H19BrN2O2. The molecule has 1 fully saturated rings. The molecule has 19 heavy (non-hydrogen) atoms. The maximum absolute atomic E-state index is 11.9. The van der Waals surface area contributed by atoms with E-state index in [0.717, 1.165) is 17.4 Å². The van der Waals surface area contributed by atoms with Crippen molar-refractivity contribution in [2.24, 2.45) is 0 Å². The molecule has 1 amide bonds. The second kappa shape index (κ2) is 6.91. The number of piperidine rings is 1. The maximum Gasteiger partial charge on any atom is 0.255 e. The lowest BCUT2D eigenvalue weighted by molar-refractivity contribution is 0.0949. The zero-order valence-corrected chi connectivity index (χ0v) is 12.4. The van der Waals surface area contributed by atoms with E-state index in [1.165, 1.54) is 25.3 Å². The SMILES string of the molecule is O=C(NCCC1CCCCN1)c1ccc(Br)cc1O. The van der Waals surface area contributed by atoms with E-state index in [2.05, 4.69) is 26.6 Å². The first-order valence-electron chi connectivity index (χ1n) is 6.67. The van der Waals surface area contributed by atoms with Crippen molar-refractivity contribution in [2.75, 3.05) is 13.1 Å². The summed E-state index contributed by atoms with van der Waals surface area (Å²) < 4.78 is 0.757. The maximum atomic E-state index is 11.9. The highest BCUT2D eigenvalue weighted by Gasteiger charge is 2.14. The first kappa shape index (κ1) is 14.3. The highest BCUT2D eigenvalue weighted by molar-refractivity contribution is 9.10. The van der Waals surface area contributed by atoms with Gasteiger partial charge in [0.25, 0.3) is 5.91 Å². The summed E-state index contributed by atoms with van der Waals surface area (Å²) in [5, 5.41) is 16.0. The largest absolute Gasteiger partial charge is 0.507 e. The number of benzene rings is 1. The topological polar surface area (TPSA) is 61.4 Å². The molecule has 1 atom stereocenters. The number of hydrogen-bond acceptors (Lipinski definition) is 3. The summed E-state index contributed by atoms with van der Waals surface area (Å²) in [7, 11) is 0. The summed E-state index contributed by atoms with van der Waals surface area (Å²) in [5.41, 5.74) is 0.319. The minimum Gasteiger partial charge on any atom is -0.507 e. The van der Waals surface area contributed by atoms with Crippen molar-refractivity contribution < 1.29 is 9.90 Å². The molecule has 2 rings (SSSR count). The van der Waals surface area contributed by atoms with Crippen molar-refractivity contribution in [1.82, 2.24) is 10.6 Å². The molecule has 4 nitrogen and oxygen atoms in total. The van der Waals surface area contributed by atoms with Gasteiger partial charge in [-0.1, -0.05) is 22.4 Å². The summed E-state index contributed by atoms with van der Waals surface area (Å²) in [4.78, 5) is 11.9. The molecule has 1 aliphatic heterocycles. The number of nitrogens with one attached hydrogen (secondary N) is 2. The monoisotopic (exact) mass is 326 g/mol. The molecule has 1 saturated heterocycles. The summed E-state index contributed by atoms with van der Waals surface area (Å²) in [6.45, 7) is 1.71. The first-order valence-corrected chi connectivity index (χ1v) is 7.46. The van der Waals surface area contributed by atoms with Crippen molar-refractivity contribution in [1.29, 1.82) is 0 Å². The lowest BCUT2D eigenvalue weighted by Gasteiger charge is -2.23. The number of phenols is 1. The highest BCUT2D eigenvalue weighted by atomic mass is 79.9. The number of halogens is 1. The van der Waals surface area contributed by atoms with E-state index in [9.17, 15) is 9.90 Å². The summed E-state index contributed by atoms with van der Waals surface area (Å²) in [6.07, 6.45) is 4.62. The Balaban J connectivity index is 1.80. The van der Waals surface area contributed by atoms with Crippen molar-refractivity contribution in [3.05, 3.63) is 28.2 Å². The van der Waals surface area contributed by atoms with Gasteiger partial charge in [0.1, 0.15) is 5.75 Å². The van der Waals surface area contributed by atoms with Crippen LogP contribution in [0.25, 0.3) is 0 Å². The number of hydrogen-bond donors (Lipinski definition) is 3. The normalized spacial score (nSPS) is 19.1. The fraction of sp³-hybridized carbons (Fsp3) is 0.500. The van der Waals surface area contributed by atoms with Crippen LogP contribution in [0.2, 0.25) is 0 Å². The van der Waals surface area contributed by atoms with Crippen LogP contribution < -0.4 is 10.6 Å². The molecule has 0 spiro atoms. The molecule has 0 radical (unpaired) electrons. The van der Waals surface area contributed by atoms with Crippen LogP contribution in [0.3, 0.4) is 0 Å². The van der Waals surface area contributed by atoms with Gasteiger partial charge in [-0.05, 0) is 44.0 Å². The van der Waals surface area contributed by atoms with Crippen LogP contribution in [0.5, 0.6) is 5.75 Å². The van der Waals surface area contributed by atoms with E-state index in [1.54, 1.807) is 12.1 Å². The van der Waals surface area contributed by atoms with Gasteiger partial charge in [-0.15, -0.1) is 0 Å². The van der Waals surface area contributed by atoms with Crippen LogP contribution in [0.4, 0.5) is 0 Å². The second-order valence-electron chi connectivity index (χ2n) is 4.85. The van der Waals surface area contributed by atoms with Gasteiger partial charge in [-0.3, -0.25) is 4.79 Å². The van der Waals surface area contributed by atoms with E-state index >= 15 is 0 Å². The van der Waals surface area contributed by atoms with Crippen molar-refractivity contribution in [3.8, 4) is 5.75 Å². The smallest absolute Gasteiger partial charge is 0.255 e. The van der Waals surface area contributed by atoms with E-state index in [4.69, 9.17) is 0 Å². The standard InChI is InChI=1S/C14H19BrN2O2/c15-10-4-5-12(13(18)9-10)14(19)17-8-6-11-3-1-2-7-16-11/h4-5,9,11,16,18H,1-3,6-8H2,(H,17,19). The molecule has 1 aromatic carbocycles. The predicted molar refractivity (Wildman–Crippen MR) is 78.4 cm³/mol.